The minimum Gasteiger partial charge on any atom is -0.270 e. The van der Waals surface area contributed by atoms with E-state index in [9.17, 15) is 9.59 Å². The van der Waals surface area contributed by atoms with Crippen LogP contribution in [-0.4, -0.2) is 14.8 Å². The number of H-pyrrole nitrogens is 1. The van der Waals surface area contributed by atoms with E-state index in [4.69, 9.17) is 5.26 Å². The molecule has 1 aromatic rings. The lowest BCUT2D eigenvalue weighted by atomic mass is 10.5. The van der Waals surface area contributed by atoms with Gasteiger partial charge in [-0.05, 0) is 0 Å². The minimum absolute atomic E-state index is 0.313. The summed E-state index contributed by atoms with van der Waals surface area (Å²) in [5.74, 6) is 0. The summed E-state index contributed by atoms with van der Waals surface area (Å²) >= 11 is 0. The van der Waals surface area contributed by atoms with Crippen molar-refractivity contribution in [3.05, 3.63) is 26.5 Å². The van der Waals surface area contributed by atoms with Crippen LogP contribution in [0.2, 0.25) is 0 Å². The van der Waals surface area contributed by atoms with Crippen molar-refractivity contribution < 1.29 is 0 Å². The van der Waals surface area contributed by atoms with Crippen molar-refractivity contribution >= 4 is 0 Å². The van der Waals surface area contributed by atoms with Gasteiger partial charge in [0.05, 0.1) is 0 Å². The van der Waals surface area contributed by atoms with Gasteiger partial charge in [-0.15, -0.1) is 0 Å². The molecule has 6 heteroatoms. The highest BCUT2D eigenvalue weighted by molar-refractivity contribution is 5.12. The number of hydrogen-bond acceptors (Lipinski definition) is 4. The molecule has 0 atom stereocenters. The van der Waals surface area contributed by atoms with E-state index in [-0.39, 0.29) is 5.69 Å². The fourth-order valence-corrected chi connectivity index (χ4v) is 0.551. The van der Waals surface area contributed by atoms with Crippen LogP contribution in [-0.2, 0) is 7.05 Å². The summed E-state index contributed by atoms with van der Waals surface area (Å²) in [5.41, 5.74) is -1.70. The summed E-state index contributed by atoms with van der Waals surface area (Å²) in [6.07, 6.45) is 0. The van der Waals surface area contributed by atoms with E-state index in [1.165, 1.54) is 7.05 Å². The average molecular weight is 152 g/mol. The Labute approximate surface area is 60.7 Å². The van der Waals surface area contributed by atoms with Crippen LogP contribution in [0.5, 0.6) is 0 Å². The van der Waals surface area contributed by atoms with Crippen LogP contribution in [0, 0.1) is 11.3 Å². The van der Waals surface area contributed by atoms with E-state index in [0.717, 1.165) is 4.68 Å². The highest BCUT2D eigenvalue weighted by Gasteiger charge is 2.00. The van der Waals surface area contributed by atoms with Crippen LogP contribution < -0.4 is 11.2 Å². The molecular formula is C5H4N4O2. The summed E-state index contributed by atoms with van der Waals surface area (Å²) in [6, 6.07) is 1.55. The Hall–Kier alpha value is -1.90. The van der Waals surface area contributed by atoms with Gasteiger partial charge in [0, 0.05) is 7.05 Å². The topological polar surface area (TPSA) is 91.5 Å². The molecule has 0 fully saturated rings. The van der Waals surface area contributed by atoms with E-state index in [1.54, 1.807) is 6.07 Å². The van der Waals surface area contributed by atoms with Crippen molar-refractivity contribution in [1.29, 1.82) is 5.26 Å². The zero-order valence-electron chi connectivity index (χ0n) is 5.66. The molecule has 0 aliphatic carbocycles. The molecule has 0 aliphatic rings. The molecule has 0 amide bonds. The zero-order chi connectivity index (χ0) is 8.43. The average Bonchev–Trinajstić information content (AvgIpc) is 1.97. The Bertz CT molecular complexity index is 421. The van der Waals surface area contributed by atoms with Crippen molar-refractivity contribution in [3.63, 3.8) is 0 Å². The molecule has 0 saturated carbocycles. The van der Waals surface area contributed by atoms with Gasteiger partial charge in [0.2, 0.25) is 5.69 Å². The standard InChI is InChI=1S/C5H4N4O2/c1-9-5(11)7-4(10)3(2-6)8-9/h1H3,(H,7,10,11). The van der Waals surface area contributed by atoms with Crippen LogP contribution in [0.3, 0.4) is 0 Å². The van der Waals surface area contributed by atoms with Gasteiger partial charge in [0.25, 0.3) is 5.56 Å². The molecular weight excluding hydrogens is 148 g/mol. The summed E-state index contributed by atoms with van der Waals surface area (Å²) in [6.45, 7) is 0. The maximum absolute atomic E-state index is 10.7. The molecule has 0 saturated heterocycles. The molecule has 0 bridgehead atoms. The zero-order valence-corrected chi connectivity index (χ0v) is 5.66. The predicted molar refractivity (Wildman–Crippen MR) is 34.8 cm³/mol. The van der Waals surface area contributed by atoms with Gasteiger partial charge in [0.15, 0.2) is 0 Å². The summed E-state index contributed by atoms with van der Waals surface area (Å²) < 4.78 is 0.889. The third kappa shape index (κ3) is 1.16. The first-order valence-electron chi connectivity index (χ1n) is 2.73. The Morgan fingerprint density at radius 2 is 2.27 bits per heavy atom. The van der Waals surface area contributed by atoms with E-state index in [2.05, 4.69) is 5.10 Å². The summed E-state index contributed by atoms with van der Waals surface area (Å²) in [7, 11) is 1.35. The third-order valence-corrected chi connectivity index (χ3v) is 1.09. The predicted octanol–water partition coefficient (Wildman–Crippen LogP) is -1.66. The first-order chi connectivity index (χ1) is 5.15. The highest BCUT2D eigenvalue weighted by Crippen LogP contribution is 1.71. The second kappa shape index (κ2) is 2.38. The molecule has 6 nitrogen and oxygen atoms in total. The van der Waals surface area contributed by atoms with Crippen molar-refractivity contribution in [2.45, 2.75) is 0 Å². The van der Waals surface area contributed by atoms with Gasteiger partial charge in [-0.3, -0.25) is 9.78 Å². The molecule has 0 spiro atoms. The van der Waals surface area contributed by atoms with E-state index in [0.29, 0.717) is 0 Å². The second-order valence-corrected chi connectivity index (χ2v) is 1.84. The van der Waals surface area contributed by atoms with E-state index >= 15 is 0 Å². The van der Waals surface area contributed by atoms with Crippen LogP contribution in [0.15, 0.2) is 9.59 Å². The number of nitrogens with zero attached hydrogens (tertiary/aromatic N) is 3. The SMILES string of the molecule is Cn1nc(C#N)c(=O)[nH]c1=O. The molecule has 0 aromatic carbocycles. The highest BCUT2D eigenvalue weighted by atomic mass is 16.2. The Morgan fingerprint density at radius 3 is 2.82 bits per heavy atom. The molecule has 1 rings (SSSR count). The van der Waals surface area contributed by atoms with Gasteiger partial charge in [0.1, 0.15) is 6.07 Å². The van der Waals surface area contributed by atoms with Gasteiger partial charge in [-0.25, -0.2) is 9.48 Å². The summed E-state index contributed by atoms with van der Waals surface area (Å²) in [5, 5.41) is 11.7. The Balaban J connectivity index is 3.61. The van der Waals surface area contributed by atoms with Crippen molar-refractivity contribution in [1.82, 2.24) is 14.8 Å². The lowest BCUT2D eigenvalue weighted by Crippen LogP contribution is -2.32. The van der Waals surface area contributed by atoms with Crippen LogP contribution in [0.4, 0.5) is 0 Å². The van der Waals surface area contributed by atoms with Gasteiger partial charge >= 0.3 is 5.69 Å². The van der Waals surface area contributed by atoms with Crippen LogP contribution in [0.1, 0.15) is 5.69 Å². The van der Waals surface area contributed by atoms with Crippen molar-refractivity contribution in [2.24, 2.45) is 7.05 Å². The number of aromatic nitrogens is 3. The number of nitrogens with one attached hydrogen (secondary N) is 1. The maximum Gasteiger partial charge on any atom is 0.344 e. The smallest absolute Gasteiger partial charge is 0.270 e. The number of aromatic amines is 1. The number of nitriles is 1. The lowest BCUT2D eigenvalue weighted by Gasteiger charge is -1.91. The molecule has 0 aliphatic heterocycles. The molecule has 0 unspecified atom stereocenters. The quantitative estimate of drug-likeness (QED) is 0.481. The number of rotatable bonds is 0. The van der Waals surface area contributed by atoms with Gasteiger partial charge in [-0.1, -0.05) is 0 Å². The monoisotopic (exact) mass is 152 g/mol. The van der Waals surface area contributed by atoms with Crippen molar-refractivity contribution in [3.8, 4) is 6.07 Å². The number of aryl methyl sites for hydroxylation is 1. The molecule has 56 valence electrons. The van der Waals surface area contributed by atoms with Crippen LogP contribution in [0.25, 0.3) is 0 Å². The largest absolute Gasteiger partial charge is 0.344 e. The van der Waals surface area contributed by atoms with Gasteiger partial charge < -0.3 is 0 Å². The Kier molecular flexibility index (Phi) is 1.56. The number of hydrogen-bond donors (Lipinski definition) is 1. The fraction of sp³-hybridized carbons (Fsp3) is 0.200. The molecule has 1 aromatic heterocycles. The first kappa shape index (κ1) is 7.21. The van der Waals surface area contributed by atoms with E-state index in [1.807, 2.05) is 4.98 Å². The molecule has 0 radical (unpaired) electrons. The van der Waals surface area contributed by atoms with Crippen LogP contribution >= 0.6 is 0 Å². The van der Waals surface area contributed by atoms with E-state index < -0.39 is 11.2 Å². The molecule has 1 heterocycles. The Morgan fingerprint density at radius 1 is 1.64 bits per heavy atom. The molecule has 11 heavy (non-hydrogen) atoms. The van der Waals surface area contributed by atoms with Crippen molar-refractivity contribution in [2.75, 3.05) is 0 Å². The third-order valence-electron chi connectivity index (χ3n) is 1.09. The van der Waals surface area contributed by atoms with Gasteiger partial charge in [-0.2, -0.15) is 10.4 Å². The normalized spacial score (nSPS) is 9.09. The maximum atomic E-state index is 10.7. The second-order valence-electron chi connectivity index (χ2n) is 1.84. The lowest BCUT2D eigenvalue weighted by molar-refractivity contribution is 0.659. The fourth-order valence-electron chi connectivity index (χ4n) is 0.551. The molecule has 1 N–H and O–H groups in total. The summed E-state index contributed by atoms with van der Waals surface area (Å²) in [4.78, 5) is 23.2. The minimum atomic E-state index is -0.754. The first-order valence-corrected chi connectivity index (χ1v) is 2.73.